The van der Waals surface area contributed by atoms with Gasteiger partial charge in [-0.2, -0.15) is 0 Å². The lowest BCUT2D eigenvalue weighted by molar-refractivity contribution is 0.443. The lowest BCUT2D eigenvalue weighted by atomic mass is 10.0. The van der Waals surface area contributed by atoms with Gasteiger partial charge >= 0.3 is 0 Å². The maximum absolute atomic E-state index is 5.63. The molecule has 0 aliphatic rings. The molecule has 1 aromatic carbocycles. The lowest BCUT2D eigenvalue weighted by Crippen LogP contribution is -2.28. The third-order valence-electron chi connectivity index (χ3n) is 2.70. The molecule has 3 heteroatoms. The monoisotopic (exact) mass is 234 g/mol. The first-order valence-corrected chi connectivity index (χ1v) is 6.47. The summed E-state index contributed by atoms with van der Waals surface area (Å²) in [6.45, 7) is 4.44. The van der Waals surface area contributed by atoms with E-state index in [2.05, 4.69) is 49.6 Å². The van der Waals surface area contributed by atoms with Crippen molar-refractivity contribution in [1.29, 1.82) is 0 Å². The average Bonchev–Trinajstić information content (AvgIpc) is 2.68. The fourth-order valence-corrected chi connectivity index (χ4v) is 3.05. The summed E-state index contributed by atoms with van der Waals surface area (Å²) in [5.41, 5.74) is 2.92. The first-order chi connectivity index (χ1) is 7.70. The minimum atomic E-state index is 0.275. The predicted octanol–water partition coefficient (Wildman–Crippen LogP) is 3.45. The van der Waals surface area contributed by atoms with Gasteiger partial charge in [-0.05, 0) is 29.9 Å². The Bertz CT molecular complexity index is 429. The molecule has 0 saturated carbocycles. The zero-order chi connectivity index (χ0) is 11.5. The van der Waals surface area contributed by atoms with Crippen LogP contribution in [0.2, 0.25) is 0 Å². The van der Waals surface area contributed by atoms with Gasteiger partial charge in [0.15, 0.2) is 0 Å². The van der Waals surface area contributed by atoms with Gasteiger partial charge < -0.3 is 0 Å². The van der Waals surface area contributed by atoms with Crippen molar-refractivity contribution in [3.05, 3.63) is 35.2 Å². The van der Waals surface area contributed by atoms with Gasteiger partial charge in [0.2, 0.25) is 0 Å². The number of hydrogen-bond acceptors (Lipinski definition) is 3. The van der Waals surface area contributed by atoms with E-state index in [4.69, 9.17) is 5.84 Å². The summed E-state index contributed by atoms with van der Waals surface area (Å²) in [5, 5.41) is 1.31. The van der Waals surface area contributed by atoms with Gasteiger partial charge in [-0.25, -0.2) is 0 Å². The highest BCUT2D eigenvalue weighted by Gasteiger charge is 2.14. The highest BCUT2D eigenvalue weighted by Crippen LogP contribution is 2.32. The van der Waals surface area contributed by atoms with E-state index in [1.807, 2.05) is 11.3 Å². The normalized spacial score (nSPS) is 13.5. The standard InChI is InChI=1S/C13H18N2S/c1-9(2)7-11(15-14)13-8-10-5-3-4-6-12(10)16-13/h3-6,8-9,11,15H,7,14H2,1-2H3. The summed E-state index contributed by atoms with van der Waals surface area (Å²) in [6.07, 6.45) is 1.07. The van der Waals surface area contributed by atoms with Gasteiger partial charge in [-0.15, -0.1) is 11.3 Å². The van der Waals surface area contributed by atoms with E-state index in [0.717, 1.165) is 6.42 Å². The highest BCUT2D eigenvalue weighted by molar-refractivity contribution is 7.19. The molecular formula is C13H18N2S. The van der Waals surface area contributed by atoms with E-state index in [1.54, 1.807) is 0 Å². The molecule has 3 N–H and O–H groups in total. The molecular weight excluding hydrogens is 216 g/mol. The Morgan fingerprint density at radius 1 is 1.31 bits per heavy atom. The first kappa shape index (κ1) is 11.6. The molecule has 0 radical (unpaired) electrons. The number of nitrogens with one attached hydrogen (secondary N) is 1. The van der Waals surface area contributed by atoms with Gasteiger partial charge in [-0.1, -0.05) is 32.0 Å². The van der Waals surface area contributed by atoms with E-state index in [9.17, 15) is 0 Å². The van der Waals surface area contributed by atoms with Gasteiger partial charge in [0.1, 0.15) is 0 Å². The van der Waals surface area contributed by atoms with Crippen molar-refractivity contribution in [1.82, 2.24) is 5.43 Å². The second-order valence-electron chi connectivity index (χ2n) is 4.54. The van der Waals surface area contributed by atoms with Crippen LogP contribution in [0.3, 0.4) is 0 Å². The van der Waals surface area contributed by atoms with Crippen LogP contribution >= 0.6 is 11.3 Å². The van der Waals surface area contributed by atoms with Crippen LogP contribution < -0.4 is 11.3 Å². The molecule has 1 heterocycles. The maximum Gasteiger partial charge on any atom is 0.0556 e. The van der Waals surface area contributed by atoms with Crippen LogP contribution in [0.5, 0.6) is 0 Å². The summed E-state index contributed by atoms with van der Waals surface area (Å²) in [5.74, 6) is 6.28. The average molecular weight is 234 g/mol. The van der Waals surface area contributed by atoms with Crippen LogP contribution in [-0.2, 0) is 0 Å². The summed E-state index contributed by atoms with van der Waals surface area (Å²) in [7, 11) is 0. The van der Waals surface area contributed by atoms with Crippen molar-refractivity contribution >= 4 is 21.4 Å². The van der Waals surface area contributed by atoms with Crippen LogP contribution in [0.4, 0.5) is 0 Å². The van der Waals surface area contributed by atoms with Crippen molar-refractivity contribution in [2.24, 2.45) is 11.8 Å². The van der Waals surface area contributed by atoms with E-state index < -0.39 is 0 Å². The molecule has 1 unspecified atom stereocenters. The van der Waals surface area contributed by atoms with Gasteiger partial charge in [-0.3, -0.25) is 11.3 Å². The molecule has 0 aliphatic carbocycles. The van der Waals surface area contributed by atoms with Crippen molar-refractivity contribution in [2.45, 2.75) is 26.3 Å². The molecule has 16 heavy (non-hydrogen) atoms. The molecule has 0 amide bonds. The number of hydrogen-bond donors (Lipinski definition) is 2. The van der Waals surface area contributed by atoms with E-state index in [-0.39, 0.29) is 6.04 Å². The Kier molecular flexibility index (Phi) is 3.59. The Morgan fingerprint density at radius 3 is 2.69 bits per heavy atom. The number of nitrogens with two attached hydrogens (primary N) is 1. The molecule has 0 aliphatic heterocycles. The van der Waals surface area contributed by atoms with Gasteiger partial charge in [0.05, 0.1) is 6.04 Å². The van der Waals surface area contributed by atoms with Gasteiger partial charge in [0, 0.05) is 9.58 Å². The minimum Gasteiger partial charge on any atom is -0.271 e. The third-order valence-corrected chi connectivity index (χ3v) is 3.93. The largest absolute Gasteiger partial charge is 0.271 e. The van der Waals surface area contributed by atoms with Crippen molar-refractivity contribution in [2.75, 3.05) is 0 Å². The maximum atomic E-state index is 5.63. The second-order valence-corrected chi connectivity index (χ2v) is 5.65. The number of fused-ring (bicyclic) bond motifs is 1. The third kappa shape index (κ3) is 2.43. The Balaban J connectivity index is 2.30. The van der Waals surface area contributed by atoms with Crippen LogP contribution in [0, 0.1) is 5.92 Å². The van der Waals surface area contributed by atoms with E-state index >= 15 is 0 Å². The molecule has 0 spiro atoms. The highest BCUT2D eigenvalue weighted by atomic mass is 32.1. The molecule has 1 atom stereocenters. The zero-order valence-electron chi connectivity index (χ0n) is 9.73. The summed E-state index contributed by atoms with van der Waals surface area (Å²) < 4.78 is 1.33. The topological polar surface area (TPSA) is 38.0 Å². The van der Waals surface area contributed by atoms with E-state index in [1.165, 1.54) is 15.0 Å². The van der Waals surface area contributed by atoms with E-state index in [0.29, 0.717) is 5.92 Å². The Labute approximate surface area is 100 Å². The van der Waals surface area contributed by atoms with Gasteiger partial charge in [0.25, 0.3) is 0 Å². The zero-order valence-corrected chi connectivity index (χ0v) is 10.6. The first-order valence-electron chi connectivity index (χ1n) is 5.65. The fourth-order valence-electron chi connectivity index (χ4n) is 1.91. The Morgan fingerprint density at radius 2 is 2.06 bits per heavy atom. The molecule has 86 valence electrons. The van der Waals surface area contributed by atoms with Crippen LogP contribution in [-0.4, -0.2) is 0 Å². The lowest BCUT2D eigenvalue weighted by Gasteiger charge is -2.16. The molecule has 1 aromatic heterocycles. The van der Waals surface area contributed by atoms with Crippen molar-refractivity contribution in [3.8, 4) is 0 Å². The number of rotatable bonds is 4. The number of hydrazine groups is 1. The summed E-state index contributed by atoms with van der Waals surface area (Å²) >= 11 is 1.83. The minimum absolute atomic E-state index is 0.275. The molecule has 2 aromatic rings. The van der Waals surface area contributed by atoms with Crippen molar-refractivity contribution < 1.29 is 0 Å². The second kappa shape index (κ2) is 4.95. The predicted molar refractivity (Wildman–Crippen MR) is 71.3 cm³/mol. The Hall–Kier alpha value is -0.900. The molecule has 0 fully saturated rings. The quantitative estimate of drug-likeness (QED) is 0.628. The van der Waals surface area contributed by atoms with Crippen molar-refractivity contribution in [3.63, 3.8) is 0 Å². The summed E-state index contributed by atoms with van der Waals surface area (Å²) in [4.78, 5) is 1.33. The fraction of sp³-hybridized carbons (Fsp3) is 0.385. The number of benzene rings is 1. The smallest absolute Gasteiger partial charge is 0.0556 e. The molecule has 2 rings (SSSR count). The number of thiophene rings is 1. The van der Waals surface area contributed by atoms with Crippen LogP contribution in [0.1, 0.15) is 31.2 Å². The SMILES string of the molecule is CC(C)CC(NN)c1cc2ccccc2s1. The van der Waals surface area contributed by atoms with Crippen LogP contribution in [0.15, 0.2) is 30.3 Å². The molecule has 2 nitrogen and oxygen atoms in total. The summed E-state index contributed by atoms with van der Waals surface area (Å²) in [6, 6.07) is 11.0. The van der Waals surface area contributed by atoms with Crippen LogP contribution in [0.25, 0.3) is 10.1 Å². The molecule has 0 bridgehead atoms. The molecule has 0 saturated heterocycles.